The molecule has 0 radical (unpaired) electrons. The van der Waals surface area contributed by atoms with E-state index in [0.717, 1.165) is 42.4 Å². The summed E-state index contributed by atoms with van der Waals surface area (Å²) in [6.07, 6.45) is 19.9. The Hall–Kier alpha value is -1.05. The lowest BCUT2D eigenvalue weighted by Gasteiger charge is -2.37. The van der Waals surface area contributed by atoms with E-state index in [-0.39, 0.29) is 0 Å². The number of aryl methyl sites for hydroxylation is 1. The van der Waals surface area contributed by atoms with Gasteiger partial charge in [0.15, 0.2) is 0 Å². The lowest BCUT2D eigenvalue weighted by Crippen LogP contribution is -2.27. The van der Waals surface area contributed by atoms with Crippen LogP contribution in [0.3, 0.4) is 0 Å². The third-order valence-corrected chi connectivity index (χ3v) is 7.22. The van der Waals surface area contributed by atoms with Gasteiger partial charge >= 0.3 is 0 Å². The minimum atomic E-state index is 0.748. The number of nitrogens with zero attached hydrogens (tertiary/aromatic N) is 1. The molecule has 0 unspecified atom stereocenters. The number of pyridine rings is 1. The van der Waals surface area contributed by atoms with Crippen LogP contribution in [-0.2, 0) is 6.42 Å². The molecule has 0 aliphatic heterocycles. The molecule has 2 nitrogen and oxygen atoms in total. The second-order valence-corrected chi connectivity index (χ2v) is 9.25. The molecule has 3 rings (SSSR count). The summed E-state index contributed by atoms with van der Waals surface area (Å²) in [7, 11) is 0. The Morgan fingerprint density at radius 3 is 2.07 bits per heavy atom. The normalized spacial score (nSPS) is 28.8. The average molecular weight is 372 g/mol. The van der Waals surface area contributed by atoms with Gasteiger partial charge in [-0.15, -0.1) is 0 Å². The molecule has 2 heteroatoms. The highest BCUT2D eigenvalue weighted by atomic mass is 16.5. The quantitative estimate of drug-likeness (QED) is 0.457. The van der Waals surface area contributed by atoms with Crippen molar-refractivity contribution in [2.24, 2.45) is 23.7 Å². The van der Waals surface area contributed by atoms with Crippen LogP contribution in [0, 0.1) is 23.7 Å². The highest BCUT2D eigenvalue weighted by molar-refractivity contribution is 5.19. The summed E-state index contributed by atoms with van der Waals surface area (Å²) in [6.45, 7) is 5.45. The first-order valence-electron chi connectivity index (χ1n) is 11.9. The molecule has 0 amide bonds. The largest absolute Gasteiger partial charge is 0.492 e. The molecule has 0 aromatic carbocycles. The predicted octanol–water partition coefficient (Wildman–Crippen LogP) is 7.22. The van der Waals surface area contributed by atoms with Crippen molar-refractivity contribution in [3.8, 4) is 5.75 Å². The minimum Gasteiger partial charge on any atom is -0.492 e. The molecule has 2 aliphatic rings. The van der Waals surface area contributed by atoms with E-state index in [1.165, 1.54) is 82.7 Å². The van der Waals surface area contributed by atoms with Gasteiger partial charge in [0, 0.05) is 5.69 Å². The Balaban J connectivity index is 1.34. The molecule has 0 spiro atoms. The number of unbranched alkanes of at least 4 members (excludes halogenated alkanes) is 1. The van der Waals surface area contributed by atoms with Crippen LogP contribution in [0.5, 0.6) is 5.75 Å². The zero-order chi connectivity index (χ0) is 18.9. The van der Waals surface area contributed by atoms with Crippen molar-refractivity contribution in [3.63, 3.8) is 0 Å². The van der Waals surface area contributed by atoms with Crippen LogP contribution in [0.4, 0.5) is 0 Å². The molecule has 0 saturated heterocycles. The monoisotopic (exact) mass is 371 g/mol. The van der Waals surface area contributed by atoms with E-state index in [1.54, 1.807) is 0 Å². The van der Waals surface area contributed by atoms with Gasteiger partial charge in [0.1, 0.15) is 5.75 Å². The number of rotatable bonds is 9. The van der Waals surface area contributed by atoms with Crippen molar-refractivity contribution in [2.75, 3.05) is 6.61 Å². The van der Waals surface area contributed by atoms with Gasteiger partial charge in [-0.25, -0.2) is 0 Å². The van der Waals surface area contributed by atoms with E-state index in [0.29, 0.717) is 0 Å². The van der Waals surface area contributed by atoms with Crippen LogP contribution in [0.2, 0.25) is 0 Å². The Labute approximate surface area is 167 Å². The molecular formula is C25H41NO. The molecule has 2 aliphatic carbocycles. The second kappa shape index (κ2) is 11.1. The molecule has 1 aromatic heterocycles. The topological polar surface area (TPSA) is 22.1 Å². The van der Waals surface area contributed by atoms with E-state index in [1.807, 2.05) is 6.20 Å². The Morgan fingerprint density at radius 1 is 0.852 bits per heavy atom. The smallest absolute Gasteiger partial charge is 0.137 e. The van der Waals surface area contributed by atoms with Crippen molar-refractivity contribution in [1.82, 2.24) is 4.98 Å². The van der Waals surface area contributed by atoms with Gasteiger partial charge in [-0.2, -0.15) is 0 Å². The van der Waals surface area contributed by atoms with Crippen LogP contribution in [0.1, 0.15) is 96.6 Å². The van der Waals surface area contributed by atoms with Crippen LogP contribution < -0.4 is 4.74 Å². The van der Waals surface area contributed by atoms with Crippen molar-refractivity contribution in [1.29, 1.82) is 0 Å². The van der Waals surface area contributed by atoms with Gasteiger partial charge in [0.05, 0.1) is 12.8 Å². The van der Waals surface area contributed by atoms with Crippen molar-refractivity contribution < 1.29 is 4.74 Å². The highest BCUT2D eigenvalue weighted by Gasteiger charge is 2.30. The van der Waals surface area contributed by atoms with Gasteiger partial charge in [0.25, 0.3) is 0 Å². The third kappa shape index (κ3) is 6.50. The standard InChI is InChI=1S/C25H41NO/c1-3-5-7-24-16-17-25(18-26-24)27-19-21-10-14-23(15-11-21)22-12-8-20(6-4-2)9-13-22/h16-18,20-23H,3-15,19H2,1-2H3. The molecule has 0 bridgehead atoms. The van der Waals surface area contributed by atoms with Crippen molar-refractivity contribution >= 4 is 0 Å². The van der Waals surface area contributed by atoms with E-state index in [2.05, 4.69) is 31.0 Å². The maximum atomic E-state index is 6.06. The summed E-state index contributed by atoms with van der Waals surface area (Å²) < 4.78 is 6.06. The minimum absolute atomic E-state index is 0.748. The second-order valence-electron chi connectivity index (χ2n) is 9.25. The number of ether oxygens (including phenoxy) is 1. The Bertz CT molecular complexity index is 510. The van der Waals surface area contributed by atoms with Crippen LogP contribution >= 0.6 is 0 Å². The summed E-state index contributed by atoms with van der Waals surface area (Å²) in [5, 5.41) is 0. The van der Waals surface area contributed by atoms with Gasteiger partial charge in [-0.05, 0) is 87.2 Å². The molecule has 1 aromatic rings. The highest BCUT2D eigenvalue weighted by Crippen LogP contribution is 2.42. The molecule has 27 heavy (non-hydrogen) atoms. The van der Waals surface area contributed by atoms with Crippen LogP contribution in [0.25, 0.3) is 0 Å². The number of aromatic nitrogens is 1. The average Bonchev–Trinajstić information content (AvgIpc) is 2.73. The predicted molar refractivity (Wildman–Crippen MR) is 114 cm³/mol. The molecule has 2 fully saturated rings. The summed E-state index contributed by atoms with van der Waals surface area (Å²) in [5.74, 6) is 4.77. The molecule has 1 heterocycles. The molecule has 152 valence electrons. The molecule has 0 atom stereocenters. The maximum Gasteiger partial charge on any atom is 0.137 e. The number of hydrogen-bond acceptors (Lipinski definition) is 2. The van der Waals surface area contributed by atoms with Gasteiger partial charge in [-0.3, -0.25) is 4.98 Å². The fraction of sp³-hybridized carbons (Fsp3) is 0.800. The molecule has 0 N–H and O–H groups in total. The summed E-state index contributed by atoms with van der Waals surface area (Å²) >= 11 is 0. The first-order valence-corrected chi connectivity index (χ1v) is 11.9. The van der Waals surface area contributed by atoms with Gasteiger partial charge < -0.3 is 4.74 Å². The lowest BCUT2D eigenvalue weighted by molar-refractivity contribution is 0.122. The zero-order valence-electron chi connectivity index (χ0n) is 17.8. The van der Waals surface area contributed by atoms with E-state index in [9.17, 15) is 0 Å². The van der Waals surface area contributed by atoms with Crippen LogP contribution in [0.15, 0.2) is 18.3 Å². The van der Waals surface area contributed by atoms with Crippen molar-refractivity contribution in [3.05, 3.63) is 24.0 Å². The lowest BCUT2D eigenvalue weighted by atomic mass is 9.69. The number of hydrogen-bond donors (Lipinski definition) is 0. The summed E-state index contributed by atoms with van der Waals surface area (Å²) in [4.78, 5) is 4.55. The first kappa shape index (κ1) is 20.7. The Morgan fingerprint density at radius 2 is 1.52 bits per heavy atom. The zero-order valence-corrected chi connectivity index (χ0v) is 17.8. The maximum absolute atomic E-state index is 6.06. The molecular weight excluding hydrogens is 330 g/mol. The third-order valence-electron chi connectivity index (χ3n) is 7.22. The fourth-order valence-electron chi connectivity index (χ4n) is 5.40. The molecule has 2 saturated carbocycles. The van der Waals surface area contributed by atoms with E-state index < -0.39 is 0 Å². The SMILES string of the molecule is CCCCc1ccc(OCC2CCC(C3CCC(CCC)CC3)CC2)cn1. The van der Waals surface area contributed by atoms with E-state index in [4.69, 9.17) is 4.74 Å². The fourth-order valence-corrected chi connectivity index (χ4v) is 5.40. The summed E-state index contributed by atoms with van der Waals surface area (Å²) in [5.41, 5.74) is 1.19. The first-order chi connectivity index (χ1) is 13.3. The van der Waals surface area contributed by atoms with E-state index >= 15 is 0 Å². The van der Waals surface area contributed by atoms with Crippen LogP contribution in [-0.4, -0.2) is 11.6 Å². The summed E-state index contributed by atoms with van der Waals surface area (Å²) in [6, 6.07) is 4.25. The Kier molecular flexibility index (Phi) is 8.48. The van der Waals surface area contributed by atoms with Gasteiger partial charge in [-0.1, -0.05) is 46.0 Å². The van der Waals surface area contributed by atoms with Crippen molar-refractivity contribution in [2.45, 2.75) is 97.3 Å². The van der Waals surface area contributed by atoms with Gasteiger partial charge in [0.2, 0.25) is 0 Å².